The first-order valence-electron chi connectivity index (χ1n) is 11.2. The number of hydrogen-bond acceptors (Lipinski definition) is 4. The number of hydrogen-bond donors (Lipinski definition) is 1. The number of carbonyl (C=O) groups excluding carboxylic acids is 2. The van der Waals surface area contributed by atoms with E-state index in [2.05, 4.69) is 61.0 Å². The third-order valence-corrected chi connectivity index (χ3v) is 6.36. The van der Waals surface area contributed by atoms with Gasteiger partial charge in [-0.1, -0.05) is 19.9 Å². The third kappa shape index (κ3) is 3.06. The molecule has 0 spiro atoms. The molecule has 0 aliphatic carbocycles. The topological polar surface area (TPSA) is 72.2 Å². The molecule has 7 nitrogen and oxygen atoms in total. The molecule has 1 unspecified atom stereocenters. The second-order valence-corrected chi connectivity index (χ2v) is 9.54. The number of carbonyl (C=O) groups is 2. The minimum absolute atomic E-state index is 0.215. The van der Waals surface area contributed by atoms with Crippen molar-refractivity contribution in [2.45, 2.75) is 53.1 Å². The normalized spacial score (nSPS) is 18.0. The van der Waals surface area contributed by atoms with Gasteiger partial charge in [0.15, 0.2) is 0 Å². The minimum Gasteiger partial charge on any atom is -0.356 e. The van der Waals surface area contributed by atoms with Gasteiger partial charge in [-0.15, -0.1) is 0 Å². The van der Waals surface area contributed by atoms with E-state index in [4.69, 9.17) is 0 Å². The lowest BCUT2D eigenvalue weighted by molar-refractivity contribution is -0.139. The van der Waals surface area contributed by atoms with E-state index in [9.17, 15) is 9.59 Å². The molecule has 2 aliphatic heterocycles. The van der Waals surface area contributed by atoms with Crippen molar-refractivity contribution in [3.8, 4) is 0 Å². The maximum atomic E-state index is 13.5. The van der Waals surface area contributed by atoms with Crippen LogP contribution in [0, 0.1) is 5.92 Å². The Morgan fingerprint density at radius 2 is 2.00 bits per heavy atom. The van der Waals surface area contributed by atoms with Crippen LogP contribution in [-0.4, -0.2) is 37.6 Å². The van der Waals surface area contributed by atoms with Gasteiger partial charge in [0.05, 0.1) is 23.8 Å². The van der Waals surface area contributed by atoms with Crippen molar-refractivity contribution >= 4 is 28.4 Å². The summed E-state index contributed by atoms with van der Waals surface area (Å²) in [4.78, 5) is 27.0. The maximum Gasteiger partial charge on any atom is 0.259 e. The van der Waals surface area contributed by atoms with E-state index in [1.165, 1.54) is 11.8 Å². The van der Waals surface area contributed by atoms with Crippen molar-refractivity contribution in [2.24, 2.45) is 5.92 Å². The van der Waals surface area contributed by atoms with Crippen molar-refractivity contribution in [1.29, 1.82) is 0 Å². The van der Waals surface area contributed by atoms with Crippen LogP contribution in [0.1, 0.15) is 57.7 Å². The highest BCUT2D eigenvalue weighted by Crippen LogP contribution is 2.46. The Labute approximate surface area is 187 Å². The zero-order chi connectivity index (χ0) is 22.7. The van der Waals surface area contributed by atoms with E-state index >= 15 is 0 Å². The van der Waals surface area contributed by atoms with Crippen molar-refractivity contribution in [3.63, 3.8) is 0 Å². The summed E-state index contributed by atoms with van der Waals surface area (Å²) < 4.78 is 4.21. The molecule has 1 aromatic carbocycles. The number of anilines is 1. The van der Waals surface area contributed by atoms with Gasteiger partial charge in [-0.3, -0.25) is 19.2 Å². The van der Waals surface area contributed by atoms with Crippen LogP contribution in [0.5, 0.6) is 0 Å². The van der Waals surface area contributed by atoms with Crippen molar-refractivity contribution in [3.05, 3.63) is 59.2 Å². The summed E-state index contributed by atoms with van der Waals surface area (Å²) in [7, 11) is 0. The van der Waals surface area contributed by atoms with Crippen molar-refractivity contribution < 1.29 is 9.59 Å². The fraction of sp³-hybridized carbons (Fsp3) is 0.400. The molecule has 0 bridgehead atoms. The van der Waals surface area contributed by atoms with Crippen molar-refractivity contribution in [1.82, 2.24) is 19.2 Å². The second kappa shape index (κ2) is 7.36. The summed E-state index contributed by atoms with van der Waals surface area (Å²) in [6.07, 6.45) is 6.08. The summed E-state index contributed by atoms with van der Waals surface area (Å²) in [5, 5.41) is 9.22. The molecule has 2 amide bonds. The van der Waals surface area contributed by atoms with Gasteiger partial charge in [0.1, 0.15) is 0 Å². The molecule has 2 aliphatic rings. The molecule has 7 heteroatoms. The molecule has 0 saturated carbocycles. The molecule has 4 heterocycles. The summed E-state index contributed by atoms with van der Waals surface area (Å²) >= 11 is 0. The van der Waals surface area contributed by atoms with Gasteiger partial charge in [0.25, 0.3) is 5.91 Å². The van der Waals surface area contributed by atoms with Gasteiger partial charge >= 0.3 is 0 Å². The Balaban J connectivity index is 1.77. The highest BCUT2D eigenvalue weighted by atomic mass is 16.2. The quantitative estimate of drug-likeness (QED) is 0.669. The van der Waals surface area contributed by atoms with Gasteiger partial charge in [0, 0.05) is 60.2 Å². The number of rotatable bonds is 4. The molecular formula is C25H29N5O2. The number of nitrogens with one attached hydrogen (secondary N) is 1. The largest absolute Gasteiger partial charge is 0.356 e. The second-order valence-electron chi connectivity index (χ2n) is 9.54. The Bertz CT molecular complexity index is 1280. The van der Waals surface area contributed by atoms with Gasteiger partial charge in [0.2, 0.25) is 5.91 Å². The van der Waals surface area contributed by atoms with Gasteiger partial charge < -0.3 is 9.88 Å². The number of amides is 2. The summed E-state index contributed by atoms with van der Waals surface area (Å²) in [6.45, 7) is 11.2. The molecule has 2 aromatic heterocycles. The fourth-order valence-electron chi connectivity index (χ4n) is 4.95. The zero-order valence-corrected chi connectivity index (χ0v) is 19.2. The smallest absolute Gasteiger partial charge is 0.259 e. The van der Waals surface area contributed by atoms with E-state index in [-0.39, 0.29) is 30.3 Å². The number of aromatic nitrogens is 3. The maximum absolute atomic E-state index is 13.5. The van der Waals surface area contributed by atoms with Crippen LogP contribution >= 0.6 is 0 Å². The Morgan fingerprint density at radius 1 is 1.22 bits per heavy atom. The van der Waals surface area contributed by atoms with Gasteiger partial charge in [-0.2, -0.15) is 5.10 Å². The number of benzene rings is 1. The monoisotopic (exact) mass is 431 g/mol. The molecule has 0 saturated heterocycles. The fourth-order valence-corrected chi connectivity index (χ4v) is 4.95. The van der Waals surface area contributed by atoms with Crippen LogP contribution < -0.4 is 5.32 Å². The predicted molar refractivity (Wildman–Crippen MR) is 124 cm³/mol. The van der Waals surface area contributed by atoms with Gasteiger partial charge in [-0.25, -0.2) is 0 Å². The zero-order valence-electron chi connectivity index (χ0n) is 19.2. The lowest BCUT2D eigenvalue weighted by atomic mass is 9.86. The summed E-state index contributed by atoms with van der Waals surface area (Å²) in [5.41, 5.74) is 5.61. The molecular weight excluding hydrogens is 402 g/mol. The van der Waals surface area contributed by atoms with Crippen LogP contribution in [0.25, 0.3) is 10.9 Å². The lowest BCUT2D eigenvalue weighted by Crippen LogP contribution is -2.33. The Morgan fingerprint density at radius 3 is 2.66 bits per heavy atom. The first kappa shape index (κ1) is 20.5. The standard InChI is InChI=1S/C25H29N5O2/c1-14(2)10-28-12-18-22(17-9-26-30(11-17)15(3)4)24-20(13-29(16(5)31)25(24)32)27-19-7-6-8-21(28)23(18)19/h6-9,11-12,14-15,22,27H,10,13H2,1-5H3. The average molecular weight is 432 g/mol. The lowest BCUT2D eigenvalue weighted by Gasteiger charge is -2.18. The molecule has 1 N–H and O–H groups in total. The SMILES string of the molecule is CC(=O)N1CC2=C(C1=O)C(c1cnn(C(C)C)c1)c1cn(CC(C)C)c3cccc(c13)N2. The molecule has 3 aromatic rings. The third-order valence-electron chi connectivity index (χ3n) is 6.36. The van der Waals surface area contributed by atoms with E-state index in [1.54, 1.807) is 0 Å². The molecule has 166 valence electrons. The highest BCUT2D eigenvalue weighted by molar-refractivity contribution is 6.11. The minimum atomic E-state index is -0.290. The molecule has 32 heavy (non-hydrogen) atoms. The van der Waals surface area contributed by atoms with E-state index in [0.717, 1.165) is 40.0 Å². The van der Waals surface area contributed by atoms with E-state index in [1.807, 2.05) is 23.1 Å². The molecule has 0 radical (unpaired) electrons. The Kier molecular flexibility index (Phi) is 4.73. The highest BCUT2D eigenvalue weighted by Gasteiger charge is 2.42. The van der Waals surface area contributed by atoms with Crippen LogP contribution in [0.4, 0.5) is 5.69 Å². The molecule has 1 atom stereocenters. The summed E-state index contributed by atoms with van der Waals surface area (Å²) in [5.74, 6) is -0.269. The first-order valence-corrected chi connectivity index (χ1v) is 11.2. The van der Waals surface area contributed by atoms with Gasteiger partial charge in [-0.05, 0) is 37.5 Å². The molecule has 5 rings (SSSR count). The number of imide groups is 1. The van der Waals surface area contributed by atoms with Crippen molar-refractivity contribution in [2.75, 3.05) is 11.9 Å². The molecule has 0 fully saturated rings. The van der Waals surface area contributed by atoms with E-state index in [0.29, 0.717) is 11.5 Å². The average Bonchev–Trinajstić information content (AvgIpc) is 3.40. The van der Waals surface area contributed by atoms with Crippen LogP contribution in [0.3, 0.4) is 0 Å². The van der Waals surface area contributed by atoms with E-state index < -0.39 is 0 Å². The Hall–Kier alpha value is -3.35. The first-order chi connectivity index (χ1) is 15.3. The van der Waals surface area contributed by atoms with Crippen LogP contribution in [0.15, 0.2) is 48.1 Å². The number of nitrogens with zero attached hydrogens (tertiary/aromatic N) is 4. The van der Waals surface area contributed by atoms with Crippen LogP contribution in [-0.2, 0) is 16.1 Å². The summed E-state index contributed by atoms with van der Waals surface area (Å²) in [6, 6.07) is 6.45. The van der Waals surface area contributed by atoms with Crippen LogP contribution in [0.2, 0.25) is 0 Å². The predicted octanol–water partition coefficient (Wildman–Crippen LogP) is 4.27.